The first kappa shape index (κ1) is 26.8. The first-order valence-electron chi connectivity index (χ1n) is 11.1. The smallest absolute Gasteiger partial charge is 0.374 e. The lowest BCUT2D eigenvalue weighted by Gasteiger charge is -2.24. The van der Waals surface area contributed by atoms with Gasteiger partial charge in [-0.1, -0.05) is 90.4 Å². The second-order valence-electron chi connectivity index (χ2n) is 8.24. The van der Waals surface area contributed by atoms with Gasteiger partial charge in [-0.05, 0) is 32.5 Å². The predicted molar refractivity (Wildman–Crippen MR) is 121 cm³/mol. The Kier molecular flexibility index (Phi) is 16.1. The van der Waals surface area contributed by atoms with E-state index in [4.69, 9.17) is 17.3 Å². The standard InChI is InChI=1S/C22H42N2O3S/c1-4-5-6-7-8-9-10-11-12-13-14-15-16-17-18-23-21(28)24-22(2,3)19(25)20(26)27/h4-18H2,1-3H3,(H,26,27)(H2,23,24,28). The molecule has 0 aromatic heterocycles. The van der Waals surface area contributed by atoms with Crippen LogP contribution in [0.5, 0.6) is 0 Å². The molecule has 0 aliphatic heterocycles. The Labute approximate surface area is 177 Å². The molecular weight excluding hydrogens is 372 g/mol. The summed E-state index contributed by atoms with van der Waals surface area (Å²) in [5.41, 5.74) is -1.20. The minimum absolute atomic E-state index is 0.328. The summed E-state index contributed by atoms with van der Waals surface area (Å²) in [5.74, 6) is -2.35. The molecule has 28 heavy (non-hydrogen) atoms. The Hall–Kier alpha value is -1.17. The molecule has 3 N–H and O–H groups in total. The number of rotatable bonds is 18. The molecule has 0 aromatic carbocycles. The number of ketones is 1. The van der Waals surface area contributed by atoms with Gasteiger partial charge >= 0.3 is 5.97 Å². The third kappa shape index (κ3) is 14.8. The number of carbonyl (C=O) groups is 2. The van der Waals surface area contributed by atoms with Gasteiger partial charge < -0.3 is 15.7 Å². The van der Waals surface area contributed by atoms with E-state index in [9.17, 15) is 9.59 Å². The van der Waals surface area contributed by atoms with Gasteiger partial charge in [-0.15, -0.1) is 0 Å². The molecular formula is C22H42N2O3S. The van der Waals surface area contributed by atoms with Crippen molar-refractivity contribution in [2.45, 2.75) is 116 Å². The summed E-state index contributed by atoms with van der Waals surface area (Å²) in [4.78, 5) is 22.3. The van der Waals surface area contributed by atoms with Crippen molar-refractivity contribution in [2.24, 2.45) is 0 Å². The molecule has 0 spiro atoms. The van der Waals surface area contributed by atoms with Crippen LogP contribution in [0.1, 0.15) is 111 Å². The Morgan fingerprint density at radius 1 is 0.786 bits per heavy atom. The Bertz CT molecular complexity index is 453. The van der Waals surface area contributed by atoms with Crippen LogP contribution >= 0.6 is 12.2 Å². The third-order valence-corrected chi connectivity index (χ3v) is 5.25. The molecule has 0 saturated heterocycles. The largest absolute Gasteiger partial charge is 0.475 e. The van der Waals surface area contributed by atoms with Gasteiger partial charge in [0.1, 0.15) is 5.54 Å². The molecule has 6 heteroatoms. The zero-order valence-corrected chi connectivity index (χ0v) is 19.1. The van der Waals surface area contributed by atoms with Crippen molar-refractivity contribution in [1.82, 2.24) is 10.6 Å². The molecule has 0 fully saturated rings. The first-order valence-corrected chi connectivity index (χ1v) is 11.6. The van der Waals surface area contributed by atoms with E-state index in [-0.39, 0.29) is 0 Å². The molecule has 0 amide bonds. The summed E-state index contributed by atoms with van der Waals surface area (Å²) in [6.45, 7) is 6.03. The molecule has 5 nitrogen and oxygen atoms in total. The first-order chi connectivity index (χ1) is 13.3. The van der Waals surface area contributed by atoms with Gasteiger partial charge in [-0.3, -0.25) is 4.79 Å². The number of hydrogen-bond acceptors (Lipinski definition) is 3. The molecule has 0 aliphatic carbocycles. The van der Waals surface area contributed by atoms with E-state index in [0.717, 1.165) is 19.4 Å². The van der Waals surface area contributed by atoms with Gasteiger partial charge in [0.2, 0.25) is 0 Å². The van der Waals surface area contributed by atoms with E-state index >= 15 is 0 Å². The quantitative estimate of drug-likeness (QED) is 0.159. The lowest BCUT2D eigenvalue weighted by molar-refractivity contribution is -0.151. The fourth-order valence-corrected chi connectivity index (χ4v) is 3.53. The molecule has 0 heterocycles. The third-order valence-electron chi connectivity index (χ3n) is 5.00. The molecule has 164 valence electrons. The zero-order valence-electron chi connectivity index (χ0n) is 18.3. The molecule has 0 rings (SSSR count). The van der Waals surface area contributed by atoms with Crippen LogP contribution in [-0.4, -0.2) is 34.1 Å². The van der Waals surface area contributed by atoms with E-state index < -0.39 is 17.3 Å². The molecule has 0 saturated carbocycles. The van der Waals surface area contributed by atoms with Gasteiger partial charge in [-0.2, -0.15) is 0 Å². The lowest BCUT2D eigenvalue weighted by atomic mass is 10.00. The van der Waals surface area contributed by atoms with E-state index in [1.54, 1.807) is 0 Å². The summed E-state index contributed by atoms with van der Waals surface area (Å²) < 4.78 is 0. The average Bonchev–Trinajstić information content (AvgIpc) is 2.63. The highest BCUT2D eigenvalue weighted by molar-refractivity contribution is 7.80. The number of hydrogen-bond donors (Lipinski definition) is 3. The summed E-state index contributed by atoms with van der Waals surface area (Å²) in [7, 11) is 0. The van der Waals surface area contributed by atoms with Crippen molar-refractivity contribution in [1.29, 1.82) is 0 Å². The van der Waals surface area contributed by atoms with Crippen molar-refractivity contribution in [3.8, 4) is 0 Å². The van der Waals surface area contributed by atoms with Gasteiger partial charge in [-0.25, -0.2) is 4.79 Å². The second-order valence-corrected chi connectivity index (χ2v) is 8.64. The summed E-state index contributed by atoms with van der Waals surface area (Å²) in [6, 6.07) is 0. The Morgan fingerprint density at radius 3 is 1.57 bits per heavy atom. The fourth-order valence-electron chi connectivity index (χ4n) is 3.17. The molecule has 0 atom stereocenters. The number of carboxylic acid groups (broad SMARTS) is 1. The molecule has 0 bridgehead atoms. The van der Waals surface area contributed by atoms with E-state index in [1.165, 1.54) is 90.9 Å². The van der Waals surface area contributed by atoms with Crippen LogP contribution in [0.4, 0.5) is 0 Å². The topological polar surface area (TPSA) is 78.4 Å². The zero-order chi connectivity index (χ0) is 21.3. The van der Waals surface area contributed by atoms with Gasteiger partial charge in [0.05, 0.1) is 0 Å². The van der Waals surface area contributed by atoms with Crippen LogP contribution < -0.4 is 10.6 Å². The van der Waals surface area contributed by atoms with Gasteiger partial charge in [0.25, 0.3) is 5.78 Å². The molecule has 0 radical (unpaired) electrons. The van der Waals surface area contributed by atoms with Crippen molar-refractivity contribution in [3.63, 3.8) is 0 Å². The van der Waals surface area contributed by atoms with Crippen molar-refractivity contribution < 1.29 is 14.7 Å². The highest BCUT2D eigenvalue weighted by Gasteiger charge is 2.33. The van der Waals surface area contributed by atoms with Crippen molar-refractivity contribution >= 4 is 29.1 Å². The number of carboxylic acids is 1. The van der Waals surface area contributed by atoms with E-state index in [2.05, 4.69) is 17.6 Å². The maximum Gasteiger partial charge on any atom is 0.374 e. The summed E-state index contributed by atoms with van der Waals surface area (Å²) in [6.07, 6.45) is 18.5. The number of thiocarbonyl (C=S) groups is 1. The predicted octanol–water partition coefficient (Wildman–Crippen LogP) is 5.36. The average molecular weight is 415 g/mol. The number of Topliss-reactive ketones (excluding diaryl/α,β-unsaturated/α-hetero) is 1. The minimum Gasteiger partial charge on any atom is -0.475 e. The van der Waals surface area contributed by atoms with Crippen LogP contribution in [0.25, 0.3) is 0 Å². The number of nitrogens with one attached hydrogen (secondary N) is 2. The van der Waals surface area contributed by atoms with Crippen LogP contribution in [-0.2, 0) is 9.59 Å². The van der Waals surface area contributed by atoms with E-state index in [0.29, 0.717) is 5.11 Å². The monoisotopic (exact) mass is 414 g/mol. The Morgan fingerprint density at radius 2 is 1.18 bits per heavy atom. The van der Waals surface area contributed by atoms with Crippen molar-refractivity contribution in [3.05, 3.63) is 0 Å². The highest BCUT2D eigenvalue weighted by Crippen LogP contribution is 2.12. The number of carbonyl (C=O) groups excluding carboxylic acids is 1. The SMILES string of the molecule is CCCCCCCCCCCCCCCCNC(=S)NC(C)(C)C(=O)C(=O)O. The van der Waals surface area contributed by atoms with Crippen LogP contribution in [0, 0.1) is 0 Å². The summed E-state index contributed by atoms with van der Waals surface area (Å²) >= 11 is 5.14. The van der Waals surface area contributed by atoms with Gasteiger partial charge in [0, 0.05) is 6.54 Å². The summed E-state index contributed by atoms with van der Waals surface area (Å²) in [5, 5.41) is 15.0. The molecule has 0 aromatic rings. The molecule has 0 aliphatic rings. The maximum atomic E-state index is 11.6. The van der Waals surface area contributed by atoms with Crippen molar-refractivity contribution in [2.75, 3.05) is 6.54 Å². The fraction of sp³-hybridized carbons (Fsp3) is 0.864. The number of unbranched alkanes of at least 4 members (excludes halogenated alkanes) is 13. The van der Waals surface area contributed by atoms with E-state index in [1.807, 2.05) is 0 Å². The second kappa shape index (κ2) is 16.8. The normalized spacial score (nSPS) is 11.2. The van der Waals surface area contributed by atoms with Crippen LogP contribution in [0.3, 0.4) is 0 Å². The lowest BCUT2D eigenvalue weighted by Crippen LogP contribution is -2.55. The number of aliphatic carboxylic acids is 1. The van der Waals surface area contributed by atoms with Crippen LogP contribution in [0.2, 0.25) is 0 Å². The van der Waals surface area contributed by atoms with Gasteiger partial charge in [0.15, 0.2) is 5.11 Å². The minimum atomic E-state index is -1.45. The maximum absolute atomic E-state index is 11.6. The molecule has 0 unspecified atom stereocenters. The Balaban J connectivity index is 3.45. The van der Waals surface area contributed by atoms with Crippen LogP contribution in [0.15, 0.2) is 0 Å². The highest BCUT2D eigenvalue weighted by atomic mass is 32.1.